The normalized spacial score (nSPS) is 23.3. The average Bonchev–Trinajstić information content (AvgIpc) is 2.32. The van der Waals surface area contributed by atoms with Crippen molar-refractivity contribution in [2.24, 2.45) is 5.73 Å². The lowest BCUT2D eigenvalue weighted by Gasteiger charge is -2.20. The molecule has 0 spiro atoms. The van der Waals surface area contributed by atoms with Gasteiger partial charge in [-0.05, 0) is 18.0 Å². The van der Waals surface area contributed by atoms with E-state index in [-0.39, 0.29) is 6.04 Å². The molecule has 0 amide bonds. The number of halogens is 1. The molecule has 0 bridgehead atoms. The Kier molecular flexibility index (Phi) is 1.62. The molecule has 1 aromatic rings. The van der Waals surface area contributed by atoms with E-state index in [4.69, 9.17) is 17.3 Å². The molecule has 4 heteroatoms. The number of hydrogen-bond donors (Lipinski definition) is 1. The summed E-state index contributed by atoms with van der Waals surface area (Å²) in [5.74, 6) is 0. The quantitative estimate of drug-likeness (QED) is 0.628. The van der Waals surface area contributed by atoms with E-state index in [1.807, 2.05) is 4.57 Å². The van der Waals surface area contributed by atoms with Crippen molar-refractivity contribution < 1.29 is 0 Å². The maximum Gasteiger partial charge on any atom is 0.202 e. The van der Waals surface area contributed by atoms with E-state index in [1.165, 1.54) is 0 Å². The molecule has 0 aliphatic carbocycles. The molecule has 1 unspecified atom stereocenters. The number of fused-ring (bicyclic) bond motifs is 1. The number of nitrogens with two attached hydrogens (primary N) is 1. The van der Waals surface area contributed by atoms with Crippen molar-refractivity contribution in [2.75, 3.05) is 0 Å². The molecule has 1 aromatic heterocycles. The Balaban J connectivity index is 2.36. The lowest BCUT2D eigenvalue weighted by molar-refractivity contribution is 0.472. The first-order valence-corrected chi connectivity index (χ1v) is 4.10. The van der Waals surface area contributed by atoms with Crippen molar-refractivity contribution in [3.05, 3.63) is 17.2 Å². The van der Waals surface area contributed by atoms with Crippen LogP contribution >= 0.6 is 11.6 Å². The highest BCUT2D eigenvalue weighted by Crippen LogP contribution is 2.18. The van der Waals surface area contributed by atoms with Crippen LogP contribution in [0.4, 0.5) is 0 Å². The molecule has 0 radical (unpaired) electrons. The monoisotopic (exact) mass is 171 g/mol. The van der Waals surface area contributed by atoms with Gasteiger partial charge in [-0.15, -0.1) is 0 Å². The Hall–Kier alpha value is -0.540. The van der Waals surface area contributed by atoms with Crippen molar-refractivity contribution in [2.45, 2.75) is 25.4 Å². The Morgan fingerprint density at radius 2 is 2.55 bits per heavy atom. The summed E-state index contributed by atoms with van der Waals surface area (Å²) in [5, 5.41) is 0.590. The smallest absolute Gasteiger partial charge is 0.202 e. The maximum atomic E-state index is 5.82. The molecule has 0 fully saturated rings. The molecule has 2 rings (SSSR count). The fraction of sp³-hybridized carbons (Fsp3) is 0.571. The van der Waals surface area contributed by atoms with Crippen molar-refractivity contribution in [1.82, 2.24) is 9.55 Å². The lowest BCUT2D eigenvalue weighted by atomic mass is 10.1. The van der Waals surface area contributed by atoms with E-state index >= 15 is 0 Å². The van der Waals surface area contributed by atoms with Gasteiger partial charge in [-0.3, -0.25) is 0 Å². The zero-order chi connectivity index (χ0) is 7.84. The van der Waals surface area contributed by atoms with Gasteiger partial charge in [0.1, 0.15) is 0 Å². The van der Waals surface area contributed by atoms with Crippen LogP contribution in [0.3, 0.4) is 0 Å². The first-order chi connectivity index (χ1) is 5.27. The first kappa shape index (κ1) is 7.13. The molecule has 1 atom stereocenters. The van der Waals surface area contributed by atoms with Gasteiger partial charge in [0.25, 0.3) is 0 Å². The highest BCUT2D eigenvalue weighted by Gasteiger charge is 2.17. The SMILES string of the molecule is NC1CCn2c(cnc2Cl)C1. The van der Waals surface area contributed by atoms with Crippen LogP contribution in [0.1, 0.15) is 12.1 Å². The van der Waals surface area contributed by atoms with Crippen molar-refractivity contribution in [3.63, 3.8) is 0 Å². The number of aromatic nitrogens is 2. The van der Waals surface area contributed by atoms with Gasteiger partial charge in [0, 0.05) is 30.9 Å². The number of imidazole rings is 1. The van der Waals surface area contributed by atoms with Crippen LogP contribution in [0.15, 0.2) is 6.20 Å². The van der Waals surface area contributed by atoms with Gasteiger partial charge in [0.15, 0.2) is 0 Å². The molecule has 60 valence electrons. The minimum Gasteiger partial charge on any atom is -0.327 e. The summed E-state index contributed by atoms with van der Waals surface area (Å²) in [6.45, 7) is 0.912. The molecule has 3 nitrogen and oxygen atoms in total. The Morgan fingerprint density at radius 3 is 3.36 bits per heavy atom. The van der Waals surface area contributed by atoms with Gasteiger partial charge >= 0.3 is 0 Å². The van der Waals surface area contributed by atoms with Crippen molar-refractivity contribution in [1.29, 1.82) is 0 Å². The van der Waals surface area contributed by atoms with Crippen LogP contribution in [0.25, 0.3) is 0 Å². The van der Waals surface area contributed by atoms with Crippen LogP contribution in [0, 0.1) is 0 Å². The largest absolute Gasteiger partial charge is 0.327 e. The molecule has 0 saturated carbocycles. The number of hydrogen-bond acceptors (Lipinski definition) is 2. The van der Waals surface area contributed by atoms with Crippen LogP contribution in [0.5, 0.6) is 0 Å². The average molecular weight is 172 g/mol. The number of nitrogens with zero attached hydrogens (tertiary/aromatic N) is 2. The third kappa shape index (κ3) is 1.14. The second kappa shape index (κ2) is 2.50. The van der Waals surface area contributed by atoms with Crippen LogP contribution in [0.2, 0.25) is 5.28 Å². The van der Waals surface area contributed by atoms with Crippen LogP contribution < -0.4 is 5.73 Å². The Labute approximate surface area is 70.2 Å². The fourth-order valence-corrected chi connectivity index (χ4v) is 1.69. The first-order valence-electron chi connectivity index (χ1n) is 3.73. The molecular weight excluding hydrogens is 162 g/mol. The van der Waals surface area contributed by atoms with Gasteiger partial charge < -0.3 is 10.3 Å². The van der Waals surface area contributed by atoms with E-state index in [1.54, 1.807) is 6.20 Å². The predicted octanol–water partition coefficient (Wildman–Crippen LogP) is 0.810. The lowest BCUT2D eigenvalue weighted by Crippen LogP contribution is -2.30. The standard InChI is InChI=1S/C7H10ClN3/c8-7-10-4-6-3-5(9)1-2-11(6)7/h4-5H,1-3,9H2. The van der Waals surface area contributed by atoms with Gasteiger partial charge in [-0.2, -0.15) is 0 Å². The van der Waals surface area contributed by atoms with E-state index in [9.17, 15) is 0 Å². The van der Waals surface area contributed by atoms with Crippen LogP contribution in [-0.4, -0.2) is 15.6 Å². The summed E-state index contributed by atoms with van der Waals surface area (Å²) in [7, 11) is 0. The second-order valence-electron chi connectivity index (χ2n) is 2.92. The summed E-state index contributed by atoms with van der Waals surface area (Å²) in [6.07, 6.45) is 3.71. The van der Waals surface area contributed by atoms with E-state index < -0.39 is 0 Å². The molecule has 2 heterocycles. The van der Waals surface area contributed by atoms with Gasteiger partial charge in [0.05, 0.1) is 0 Å². The van der Waals surface area contributed by atoms with E-state index in [0.29, 0.717) is 5.28 Å². The highest BCUT2D eigenvalue weighted by molar-refractivity contribution is 6.28. The molecular formula is C7H10ClN3. The fourth-order valence-electron chi connectivity index (χ4n) is 1.45. The highest BCUT2D eigenvalue weighted by atomic mass is 35.5. The maximum absolute atomic E-state index is 5.82. The molecule has 0 saturated heterocycles. The third-order valence-corrected chi connectivity index (χ3v) is 2.39. The summed E-state index contributed by atoms with van der Waals surface area (Å²) in [4.78, 5) is 4.01. The van der Waals surface area contributed by atoms with E-state index in [2.05, 4.69) is 4.98 Å². The van der Waals surface area contributed by atoms with Gasteiger partial charge in [0.2, 0.25) is 5.28 Å². The molecule has 2 N–H and O–H groups in total. The molecule has 1 aliphatic heterocycles. The summed E-state index contributed by atoms with van der Waals surface area (Å²) in [5.41, 5.74) is 6.94. The second-order valence-corrected chi connectivity index (χ2v) is 3.26. The van der Waals surface area contributed by atoms with Gasteiger partial charge in [-0.25, -0.2) is 4.98 Å². The van der Waals surface area contributed by atoms with Gasteiger partial charge in [-0.1, -0.05) is 0 Å². The number of rotatable bonds is 0. The van der Waals surface area contributed by atoms with Crippen molar-refractivity contribution >= 4 is 11.6 Å². The minimum atomic E-state index is 0.287. The summed E-state index contributed by atoms with van der Waals surface area (Å²) >= 11 is 5.82. The Morgan fingerprint density at radius 1 is 1.73 bits per heavy atom. The minimum absolute atomic E-state index is 0.287. The van der Waals surface area contributed by atoms with Crippen molar-refractivity contribution in [3.8, 4) is 0 Å². The zero-order valence-electron chi connectivity index (χ0n) is 6.13. The topological polar surface area (TPSA) is 43.8 Å². The Bertz CT molecular complexity index is 269. The zero-order valence-corrected chi connectivity index (χ0v) is 6.88. The van der Waals surface area contributed by atoms with E-state index in [0.717, 1.165) is 25.1 Å². The molecule has 0 aromatic carbocycles. The third-order valence-electron chi connectivity index (χ3n) is 2.08. The molecule has 1 aliphatic rings. The summed E-state index contributed by atoms with van der Waals surface area (Å²) in [6, 6.07) is 0.287. The summed E-state index contributed by atoms with van der Waals surface area (Å²) < 4.78 is 2.02. The predicted molar refractivity (Wildman–Crippen MR) is 43.5 cm³/mol. The van der Waals surface area contributed by atoms with Crippen LogP contribution in [-0.2, 0) is 13.0 Å². The molecule has 11 heavy (non-hydrogen) atoms.